The fourth-order valence-electron chi connectivity index (χ4n) is 2.98. The van der Waals surface area contributed by atoms with Gasteiger partial charge in [0, 0.05) is 23.9 Å². The van der Waals surface area contributed by atoms with E-state index in [1.807, 2.05) is 50.4 Å². The minimum atomic E-state index is 0.0583. The van der Waals surface area contributed by atoms with Crippen molar-refractivity contribution in [1.29, 1.82) is 0 Å². The molecule has 132 valence electrons. The van der Waals surface area contributed by atoms with E-state index in [0.717, 1.165) is 29.7 Å². The SMILES string of the molecule is CC(C)Oc1ccc(-c2noc(-c3cccc4c3CCN=C4)n2)cc1Cl. The third-order valence-electron chi connectivity index (χ3n) is 4.14. The number of aromatic nitrogens is 2. The molecule has 3 aromatic rings. The van der Waals surface area contributed by atoms with Gasteiger partial charge >= 0.3 is 0 Å². The van der Waals surface area contributed by atoms with Crippen molar-refractivity contribution in [1.82, 2.24) is 10.1 Å². The molecular weight excluding hydrogens is 350 g/mol. The Hall–Kier alpha value is -2.66. The molecule has 0 N–H and O–H groups in total. The summed E-state index contributed by atoms with van der Waals surface area (Å²) in [5.41, 5.74) is 4.04. The Morgan fingerprint density at radius 2 is 2.08 bits per heavy atom. The summed E-state index contributed by atoms with van der Waals surface area (Å²) < 4.78 is 11.2. The topological polar surface area (TPSA) is 60.5 Å². The smallest absolute Gasteiger partial charge is 0.258 e. The van der Waals surface area contributed by atoms with Crippen LogP contribution < -0.4 is 4.74 Å². The van der Waals surface area contributed by atoms with Gasteiger partial charge in [0.2, 0.25) is 5.82 Å². The molecule has 0 amide bonds. The highest BCUT2D eigenvalue weighted by molar-refractivity contribution is 6.32. The van der Waals surface area contributed by atoms with E-state index < -0.39 is 0 Å². The molecule has 0 atom stereocenters. The minimum Gasteiger partial charge on any atom is -0.489 e. The summed E-state index contributed by atoms with van der Waals surface area (Å²) >= 11 is 6.32. The monoisotopic (exact) mass is 367 g/mol. The summed E-state index contributed by atoms with van der Waals surface area (Å²) in [7, 11) is 0. The molecule has 0 aliphatic carbocycles. The number of aliphatic imine (C=N–C) groups is 1. The number of ether oxygens (including phenoxy) is 1. The van der Waals surface area contributed by atoms with Crippen LogP contribution in [-0.2, 0) is 6.42 Å². The van der Waals surface area contributed by atoms with Gasteiger partial charge in [0.15, 0.2) is 0 Å². The molecular formula is C20H18ClN3O2. The molecule has 0 radical (unpaired) electrons. The zero-order valence-electron chi connectivity index (χ0n) is 14.6. The second-order valence-corrected chi connectivity index (χ2v) is 6.80. The van der Waals surface area contributed by atoms with Crippen molar-refractivity contribution in [3.8, 4) is 28.6 Å². The van der Waals surface area contributed by atoms with Gasteiger partial charge < -0.3 is 9.26 Å². The maximum atomic E-state index is 6.32. The Kier molecular flexibility index (Phi) is 4.47. The number of fused-ring (bicyclic) bond motifs is 1. The van der Waals surface area contributed by atoms with Crippen molar-refractivity contribution in [2.75, 3.05) is 6.54 Å². The maximum absolute atomic E-state index is 6.32. The second-order valence-electron chi connectivity index (χ2n) is 6.39. The highest BCUT2D eigenvalue weighted by Crippen LogP contribution is 2.32. The fourth-order valence-corrected chi connectivity index (χ4v) is 3.21. The van der Waals surface area contributed by atoms with Crippen molar-refractivity contribution in [3.05, 3.63) is 52.5 Å². The summed E-state index contributed by atoms with van der Waals surface area (Å²) in [4.78, 5) is 8.89. The van der Waals surface area contributed by atoms with E-state index in [9.17, 15) is 0 Å². The average Bonchev–Trinajstić information content (AvgIpc) is 3.12. The van der Waals surface area contributed by atoms with Crippen LogP contribution >= 0.6 is 11.6 Å². The lowest BCUT2D eigenvalue weighted by Crippen LogP contribution is -2.05. The van der Waals surface area contributed by atoms with Crippen LogP contribution in [0.3, 0.4) is 0 Å². The Morgan fingerprint density at radius 1 is 1.19 bits per heavy atom. The molecule has 5 nitrogen and oxygen atoms in total. The van der Waals surface area contributed by atoms with E-state index in [1.54, 1.807) is 6.07 Å². The minimum absolute atomic E-state index is 0.0583. The van der Waals surface area contributed by atoms with Gasteiger partial charge in [-0.2, -0.15) is 4.98 Å². The zero-order valence-corrected chi connectivity index (χ0v) is 15.3. The zero-order chi connectivity index (χ0) is 18.1. The summed E-state index contributed by atoms with van der Waals surface area (Å²) in [5, 5.41) is 4.65. The third-order valence-corrected chi connectivity index (χ3v) is 4.44. The summed E-state index contributed by atoms with van der Waals surface area (Å²) in [6.07, 6.45) is 2.82. The van der Waals surface area contributed by atoms with Gasteiger partial charge in [-0.15, -0.1) is 0 Å². The number of hydrogen-bond donors (Lipinski definition) is 0. The average molecular weight is 368 g/mol. The molecule has 4 rings (SSSR count). The predicted octanol–water partition coefficient (Wildman–Crippen LogP) is 4.82. The number of hydrogen-bond acceptors (Lipinski definition) is 5. The van der Waals surface area contributed by atoms with Crippen LogP contribution in [0, 0.1) is 0 Å². The first-order valence-corrected chi connectivity index (χ1v) is 8.92. The van der Waals surface area contributed by atoms with Gasteiger partial charge in [-0.1, -0.05) is 28.9 Å². The number of benzene rings is 2. The fraction of sp³-hybridized carbons (Fsp3) is 0.250. The molecule has 1 aliphatic heterocycles. The lowest BCUT2D eigenvalue weighted by atomic mass is 9.97. The van der Waals surface area contributed by atoms with E-state index in [-0.39, 0.29) is 6.10 Å². The molecule has 26 heavy (non-hydrogen) atoms. The molecule has 0 fully saturated rings. The summed E-state index contributed by atoms with van der Waals surface area (Å²) in [5.74, 6) is 1.65. The van der Waals surface area contributed by atoms with E-state index in [1.165, 1.54) is 5.56 Å². The molecule has 1 aliphatic rings. The molecule has 0 unspecified atom stereocenters. The lowest BCUT2D eigenvalue weighted by molar-refractivity contribution is 0.242. The Labute approximate surface area is 156 Å². The lowest BCUT2D eigenvalue weighted by Gasteiger charge is -2.12. The van der Waals surface area contributed by atoms with Gasteiger partial charge in [-0.3, -0.25) is 4.99 Å². The first kappa shape index (κ1) is 16.8. The number of nitrogens with zero attached hydrogens (tertiary/aromatic N) is 3. The van der Waals surface area contributed by atoms with Crippen molar-refractivity contribution in [2.24, 2.45) is 4.99 Å². The van der Waals surface area contributed by atoms with E-state index >= 15 is 0 Å². The Morgan fingerprint density at radius 3 is 2.88 bits per heavy atom. The van der Waals surface area contributed by atoms with Gasteiger partial charge in [-0.25, -0.2) is 0 Å². The molecule has 6 heteroatoms. The molecule has 0 bridgehead atoms. The largest absolute Gasteiger partial charge is 0.489 e. The number of rotatable bonds is 4. The highest BCUT2D eigenvalue weighted by Gasteiger charge is 2.18. The van der Waals surface area contributed by atoms with Gasteiger partial charge in [0.05, 0.1) is 11.1 Å². The van der Waals surface area contributed by atoms with Crippen LogP contribution in [0.25, 0.3) is 22.8 Å². The second kappa shape index (κ2) is 6.92. The van der Waals surface area contributed by atoms with Crippen LogP contribution in [0.15, 0.2) is 45.9 Å². The van der Waals surface area contributed by atoms with Crippen LogP contribution in [0.2, 0.25) is 5.02 Å². The van der Waals surface area contributed by atoms with Gasteiger partial charge in [0.25, 0.3) is 5.89 Å². The van der Waals surface area contributed by atoms with Crippen molar-refractivity contribution < 1.29 is 9.26 Å². The molecule has 1 aromatic heterocycles. The van der Waals surface area contributed by atoms with Crippen LogP contribution in [0.5, 0.6) is 5.75 Å². The summed E-state index contributed by atoms with van der Waals surface area (Å²) in [6.45, 7) is 4.69. The van der Waals surface area contributed by atoms with Crippen LogP contribution in [0.4, 0.5) is 0 Å². The molecule has 2 aromatic carbocycles. The van der Waals surface area contributed by atoms with E-state index in [0.29, 0.717) is 22.5 Å². The van der Waals surface area contributed by atoms with Crippen molar-refractivity contribution in [2.45, 2.75) is 26.4 Å². The normalized spacial score (nSPS) is 13.1. The summed E-state index contributed by atoms with van der Waals surface area (Å²) in [6, 6.07) is 11.5. The Bertz CT molecular complexity index is 979. The van der Waals surface area contributed by atoms with Gasteiger partial charge in [0.1, 0.15) is 5.75 Å². The first-order chi connectivity index (χ1) is 12.6. The van der Waals surface area contributed by atoms with Gasteiger partial charge in [-0.05, 0) is 55.7 Å². The first-order valence-electron chi connectivity index (χ1n) is 8.54. The molecule has 0 spiro atoms. The van der Waals surface area contributed by atoms with E-state index in [4.69, 9.17) is 20.9 Å². The van der Waals surface area contributed by atoms with Crippen LogP contribution in [-0.4, -0.2) is 29.0 Å². The standard InChI is InChI=1S/C20H18ClN3O2/c1-12(2)25-18-7-6-13(10-17(18)21)19-23-20(26-24-19)16-5-3-4-14-11-22-9-8-15(14)16/h3-7,10-12H,8-9H2,1-2H3. The Balaban J connectivity index is 1.67. The van der Waals surface area contributed by atoms with Crippen molar-refractivity contribution in [3.63, 3.8) is 0 Å². The third kappa shape index (κ3) is 3.22. The number of halogens is 1. The maximum Gasteiger partial charge on any atom is 0.258 e. The van der Waals surface area contributed by atoms with E-state index in [2.05, 4.69) is 15.1 Å². The molecule has 0 saturated carbocycles. The van der Waals surface area contributed by atoms with Crippen LogP contribution in [0.1, 0.15) is 25.0 Å². The predicted molar refractivity (Wildman–Crippen MR) is 102 cm³/mol. The quantitative estimate of drug-likeness (QED) is 0.663. The molecule has 2 heterocycles. The highest BCUT2D eigenvalue weighted by atomic mass is 35.5. The van der Waals surface area contributed by atoms with Crippen molar-refractivity contribution >= 4 is 17.8 Å². The molecule has 0 saturated heterocycles.